The molecule has 28 heavy (non-hydrogen) atoms. The summed E-state index contributed by atoms with van der Waals surface area (Å²) in [5, 5.41) is 0.873. The van der Waals surface area contributed by atoms with Gasteiger partial charge in [-0.05, 0) is 36.9 Å². The van der Waals surface area contributed by atoms with Gasteiger partial charge in [-0.25, -0.2) is 14.8 Å². The average Bonchev–Trinajstić information content (AvgIpc) is 2.74. The zero-order valence-corrected chi connectivity index (χ0v) is 16.9. The number of hydrogen-bond donors (Lipinski definition) is 0. The highest BCUT2D eigenvalue weighted by atomic mass is 32.2. The van der Waals surface area contributed by atoms with Crippen LogP contribution in [-0.4, -0.2) is 65.3 Å². The molecule has 0 atom stereocenters. The van der Waals surface area contributed by atoms with Gasteiger partial charge in [0.2, 0.25) is 0 Å². The fraction of sp³-hybridized carbons (Fsp3) is 0.400. The summed E-state index contributed by atoms with van der Waals surface area (Å²) < 4.78 is 4.98. The van der Waals surface area contributed by atoms with Crippen molar-refractivity contribution in [1.82, 2.24) is 14.9 Å². The van der Waals surface area contributed by atoms with Crippen LogP contribution in [0.15, 0.2) is 41.7 Å². The predicted octanol–water partition coefficient (Wildman–Crippen LogP) is 2.73. The summed E-state index contributed by atoms with van der Waals surface area (Å²) in [5.41, 5.74) is 1.12. The van der Waals surface area contributed by atoms with Crippen LogP contribution in [0.4, 0.5) is 5.82 Å². The number of carbonyl (C=O) groups is 2. The van der Waals surface area contributed by atoms with Gasteiger partial charge in [-0.3, -0.25) is 4.79 Å². The van der Waals surface area contributed by atoms with E-state index in [4.69, 9.17) is 4.74 Å². The summed E-state index contributed by atoms with van der Waals surface area (Å²) in [6.07, 6.45) is 3.23. The van der Waals surface area contributed by atoms with Crippen LogP contribution in [0, 0.1) is 0 Å². The van der Waals surface area contributed by atoms with Gasteiger partial charge in [0.05, 0.1) is 17.2 Å². The van der Waals surface area contributed by atoms with Gasteiger partial charge in [0.25, 0.3) is 5.91 Å². The van der Waals surface area contributed by atoms with Gasteiger partial charge in [-0.15, -0.1) is 11.8 Å². The predicted molar refractivity (Wildman–Crippen MR) is 109 cm³/mol. The molecule has 0 N–H and O–H groups in total. The molecule has 1 aliphatic rings. The average molecular weight is 401 g/mol. The van der Waals surface area contributed by atoms with Gasteiger partial charge >= 0.3 is 5.97 Å². The van der Waals surface area contributed by atoms with Gasteiger partial charge in [0.15, 0.2) is 0 Å². The number of hydrogen-bond acceptors (Lipinski definition) is 7. The Bertz CT molecular complexity index is 820. The van der Waals surface area contributed by atoms with Crippen LogP contribution in [0.25, 0.3) is 0 Å². The van der Waals surface area contributed by atoms with Crippen molar-refractivity contribution in [1.29, 1.82) is 0 Å². The topological polar surface area (TPSA) is 75.6 Å². The van der Waals surface area contributed by atoms with Crippen molar-refractivity contribution >= 4 is 29.5 Å². The second kappa shape index (κ2) is 9.54. The Kier molecular flexibility index (Phi) is 6.86. The second-order valence-corrected chi connectivity index (χ2v) is 7.50. The first kappa shape index (κ1) is 20.1. The van der Waals surface area contributed by atoms with Crippen LogP contribution < -0.4 is 4.90 Å². The number of thioether (sulfide) groups is 1. The lowest BCUT2D eigenvalue weighted by Gasteiger charge is -2.35. The number of carbonyl (C=O) groups excluding carboxylic acids is 2. The van der Waals surface area contributed by atoms with Crippen LogP contribution in [0.1, 0.15) is 34.6 Å². The second-order valence-electron chi connectivity index (χ2n) is 6.22. The smallest absolute Gasteiger partial charge is 0.339 e. The molecule has 1 amide bonds. The molecule has 8 heteroatoms. The Balaban J connectivity index is 1.59. The minimum atomic E-state index is -0.366. The fourth-order valence-corrected chi connectivity index (χ4v) is 3.64. The Morgan fingerprint density at radius 2 is 1.86 bits per heavy atom. The van der Waals surface area contributed by atoms with Crippen molar-refractivity contribution in [3.63, 3.8) is 0 Å². The van der Waals surface area contributed by atoms with E-state index in [1.165, 1.54) is 6.20 Å². The molecule has 0 unspecified atom stereocenters. The van der Waals surface area contributed by atoms with E-state index in [9.17, 15) is 9.59 Å². The van der Waals surface area contributed by atoms with Gasteiger partial charge in [0, 0.05) is 44.1 Å². The van der Waals surface area contributed by atoms with Crippen molar-refractivity contribution in [3.05, 3.63) is 47.8 Å². The highest BCUT2D eigenvalue weighted by Gasteiger charge is 2.23. The van der Waals surface area contributed by atoms with Crippen LogP contribution in [0.2, 0.25) is 0 Å². The van der Waals surface area contributed by atoms with Crippen molar-refractivity contribution in [3.8, 4) is 0 Å². The number of rotatable bonds is 6. The zero-order chi connectivity index (χ0) is 19.9. The highest BCUT2D eigenvalue weighted by Crippen LogP contribution is 2.19. The molecule has 1 aliphatic heterocycles. The number of esters is 1. The summed E-state index contributed by atoms with van der Waals surface area (Å²) >= 11 is 1.63. The number of piperazine rings is 1. The highest BCUT2D eigenvalue weighted by molar-refractivity contribution is 7.99. The van der Waals surface area contributed by atoms with E-state index in [0.29, 0.717) is 43.9 Å². The molecular weight excluding hydrogens is 376 g/mol. The first-order chi connectivity index (χ1) is 13.6. The fourth-order valence-electron chi connectivity index (χ4n) is 3.00. The molecule has 0 aromatic carbocycles. The van der Waals surface area contributed by atoms with Gasteiger partial charge < -0.3 is 14.5 Å². The SMILES string of the molecule is CCOC(=O)c1ccc(N2CCN(C(=O)c3ccnc(SCC)c3)CC2)nc1. The van der Waals surface area contributed by atoms with E-state index in [0.717, 1.165) is 16.6 Å². The monoisotopic (exact) mass is 400 g/mol. The molecule has 2 aromatic rings. The van der Waals surface area contributed by atoms with Gasteiger partial charge in [0.1, 0.15) is 5.82 Å². The summed E-state index contributed by atoms with van der Waals surface area (Å²) in [7, 11) is 0. The molecule has 0 radical (unpaired) electrons. The summed E-state index contributed by atoms with van der Waals surface area (Å²) in [4.78, 5) is 37.1. The van der Waals surface area contributed by atoms with Crippen LogP contribution in [-0.2, 0) is 4.74 Å². The lowest BCUT2D eigenvalue weighted by atomic mass is 10.2. The molecule has 3 heterocycles. The third kappa shape index (κ3) is 4.81. The molecule has 148 valence electrons. The quantitative estimate of drug-likeness (QED) is 0.545. The molecule has 1 fully saturated rings. The minimum Gasteiger partial charge on any atom is -0.462 e. The van der Waals surface area contributed by atoms with E-state index in [1.54, 1.807) is 37.0 Å². The number of anilines is 1. The Hall–Kier alpha value is -2.61. The molecule has 7 nitrogen and oxygen atoms in total. The van der Waals surface area contributed by atoms with Gasteiger partial charge in [-0.2, -0.15) is 0 Å². The van der Waals surface area contributed by atoms with Crippen LogP contribution in [0.5, 0.6) is 0 Å². The van der Waals surface area contributed by atoms with Crippen molar-refractivity contribution in [2.75, 3.05) is 43.4 Å². The maximum absolute atomic E-state index is 12.8. The molecule has 1 saturated heterocycles. The van der Waals surface area contributed by atoms with E-state index in [2.05, 4.69) is 21.8 Å². The largest absolute Gasteiger partial charge is 0.462 e. The lowest BCUT2D eigenvalue weighted by molar-refractivity contribution is 0.0525. The minimum absolute atomic E-state index is 0.0330. The molecular formula is C20H24N4O3S. The van der Waals surface area contributed by atoms with Crippen molar-refractivity contribution < 1.29 is 14.3 Å². The number of amides is 1. The van der Waals surface area contributed by atoms with Crippen molar-refractivity contribution in [2.24, 2.45) is 0 Å². The molecule has 0 spiro atoms. The molecule has 0 bridgehead atoms. The van der Waals surface area contributed by atoms with E-state index in [-0.39, 0.29) is 11.9 Å². The number of pyridine rings is 2. The zero-order valence-electron chi connectivity index (χ0n) is 16.1. The first-order valence-corrected chi connectivity index (χ1v) is 10.4. The van der Waals surface area contributed by atoms with Crippen molar-refractivity contribution in [2.45, 2.75) is 18.9 Å². The molecule has 0 saturated carbocycles. The summed E-state index contributed by atoms with van der Waals surface area (Å²) in [5.74, 6) is 1.39. The third-order valence-corrected chi connectivity index (χ3v) is 5.23. The molecule has 0 aliphatic carbocycles. The summed E-state index contributed by atoms with van der Waals surface area (Å²) in [6, 6.07) is 7.17. The number of ether oxygens (including phenoxy) is 1. The normalized spacial score (nSPS) is 14.1. The maximum atomic E-state index is 12.8. The number of nitrogens with zero attached hydrogens (tertiary/aromatic N) is 4. The number of aromatic nitrogens is 2. The molecule has 3 rings (SSSR count). The Morgan fingerprint density at radius 3 is 2.50 bits per heavy atom. The summed E-state index contributed by atoms with van der Waals surface area (Å²) in [6.45, 7) is 6.81. The van der Waals surface area contributed by atoms with Crippen LogP contribution in [0.3, 0.4) is 0 Å². The maximum Gasteiger partial charge on any atom is 0.339 e. The lowest BCUT2D eigenvalue weighted by Crippen LogP contribution is -2.49. The standard InChI is InChI=1S/C20H24N4O3S/c1-3-27-20(26)16-5-6-17(22-14-16)23-9-11-24(12-10-23)19(25)15-7-8-21-18(13-15)28-4-2/h5-8,13-14H,3-4,9-12H2,1-2H3. The molecule has 2 aromatic heterocycles. The van der Waals surface area contributed by atoms with E-state index >= 15 is 0 Å². The first-order valence-electron chi connectivity index (χ1n) is 9.38. The van der Waals surface area contributed by atoms with E-state index in [1.807, 2.05) is 17.0 Å². The third-order valence-electron chi connectivity index (χ3n) is 4.42. The Labute approximate surface area is 169 Å². The van der Waals surface area contributed by atoms with E-state index < -0.39 is 0 Å². The Morgan fingerprint density at radius 1 is 1.07 bits per heavy atom. The van der Waals surface area contributed by atoms with Gasteiger partial charge in [-0.1, -0.05) is 6.92 Å². The van der Waals surface area contributed by atoms with Crippen LogP contribution >= 0.6 is 11.8 Å².